The van der Waals surface area contributed by atoms with E-state index in [2.05, 4.69) is 0 Å². The van der Waals surface area contributed by atoms with E-state index < -0.39 is 16.5 Å². The largest absolute Gasteiger partial charge is 0.394 e. The van der Waals surface area contributed by atoms with E-state index in [1.807, 2.05) is 0 Å². The van der Waals surface area contributed by atoms with Gasteiger partial charge in [-0.15, -0.1) is 11.6 Å². The van der Waals surface area contributed by atoms with Gasteiger partial charge in [0.05, 0.1) is 6.10 Å². The van der Waals surface area contributed by atoms with Crippen molar-refractivity contribution in [2.75, 3.05) is 11.6 Å². The average molecular weight is 267 g/mol. The quantitative estimate of drug-likeness (QED) is 0.201. The number of thioether (sulfide) groups is 1. The van der Waals surface area contributed by atoms with Crippen LogP contribution in [0.2, 0.25) is 0 Å². The minimum Gasteiger partial charge on any atom is -0.391 e. The Morgan fingerprint density at radius 2 is 1.93 bits per heavy atom. The van der Waals surface area contributed by atoms with Crippen molar-refractivity contribution in [3.05, 3.63) is 0 Å². The van der Waals surface area contributed by atoms with Gasteiger partial charge in [-0.3, -0.25) is 14.5 Å². The molecule has 6 N–H and O–H groups in total. The minimum atomic E-state index is -4.67. The van der Waals surface area contributed by atoms with Gasteiger partial charge in [0.15, 0.2) is 5.17 Å². The summed E-state index contributed by atoms with van der Waals surface area (Å²) in [6.07, 6.45) is -0.555. The first-order valence-electron chi connectivity index (χ1n) is 3.07. The molecule has 0 aromatic rings. The van der Waals surface area contributed by atoms with E-state index in [0.717, 1.165) is 11.8 Å². The highest BCUT2D eigenvalue weighted by Crippen LogP contribution is 2.01. The zero-order chi connectivity index (χ0) is 11.8. The Labute approximate surface area is 90.7 Å². The summed E-state index contributed by atoms with van der Waals surface area (Å²) in [7, 11) is -4.67. The van der Waals surface area contributed by atoms with Crippen molar-refractivity contribution in [3.63, 3.8) is 0 Å². The first-order valence-corrected chi connectivity index (χ1v) is 5.99. The molecule has 1 unspecified atom stereocenters. The topological polar surface area (TPSA) is 145 Å². The van der Waals surface area contributed by atoms with Gasteiger partial charge in [-0.05, 0) is 0 Å². The molecule has 0 aromatic heterocycles. The summed E-state index contributed by atoms with van der Waals surface area (Å²) in [4.78, 5) is 0. The van der Waals surface area contributed by atoms with Crippen LogP contribution >= 0.6 is 23.4 Å². The molecular weight excluding hydrogens is 256 g/mol. The van der Waals surface area contributed by atoms with Gasteiger partial charge in [0, 0.05) is 11.6 Å². The van der Waals surface area contributed by atoms with E-state index in [1.165, 1.54) is 0 Å². The van der Waals surface area contributed by atoms with E-state index >= 15 is 0 Å². The number of alkyl halides is 1. The summed E-state index contributed by atoms with van der Waals surface area (Å²) >= 11 is 6.35. The number of nitrogens with two attached hydrogens (primary N) is 1. The van der Waals surface area contributed by atoms with Crippen molar-refractivity contribution in [2.24, 2.45) is 5.73 Å². The van der Waals surface area contributed by atoms with Crippen molar-refractivity contribution < 1.29 is 22.6 Å². The molecule has 0 heterocycles. The van der Waals surface area contributed by atoms with Crippen LogP contribution in [0.4, 0.5) is 0 Å². The third-order valence-corrected chi connectivity index (χ3v) is 1.83. The molecular formula is C4H11ClN2O5S2. The molecule has 0 aromatic carbocycles. The maximum Gasteiger partial charge on any atom is 0.394 e. The number of nitrogens with one attached hydrogen (secondary N) is 1. The van der Waals surface area contributed by atoms with Crippen LogP contribution in [0.5, 0.6) is 0 Å². The number of halogens is 1. The molecule has 1 atom stereocenters. The molecule has 0 fully saturated rings. The first kappa shape index (κ1) is 16.4. The number of hydrogen-bond acceptors (Lipinski definition) is 5. The Bertz CT molecular complexity index is 248. The Balaban J connectivity index is 0. The molecule has 0 saturated carbocycles. The SMILES string of the molecule is N=C(N)SCC(O)CCl.O=S(=O)(O)O. The van der Waals surface area contributed by atoms with Crippen molar-refractivity contribution >= 4 is 38.9 Å². The third kappa shape index (κ3) is 29.7. The van der Waals surface area contributed by atoms with E-state index in [-0.39, 0.29) is 11.0 Å². The Kier molecular flexibility index (Phi) is 9.67. The summed E-state index contributed by atoms with van der Waals surface area (Å²) in [6, 6.07) is 0. The number of amidine groups is 1. The third-order valence-electron chi connectivity index (χ3n) is 0.609. The normalized spacial score (nSPS) is 12.6. The molecule has 0 spiro atoms. The van der Waals surface area contributed by atoms with Crippen LogP contribution in [0, 0.1) is 5.41 Å². The van der Waals surface area contributed by atoms with Gasteiger partial charge in [-0.2, -0.15) is 8.42 Å². The zero-order valence-corrected chi connectivity index (χ0v) is 9.31. The summed E-state index contributed by atoms with van der Waals surface area (Å²) < 4.78 is 31.6. The highest BCUT2D eigenvalue weighted by molar-refractivity contribution is 8.13. The highest BCUT2D eigenvalue weighted by atomic mass is 35.5. The smallest absolute Gasteiger partial charge is 0.391 e. The summed E-state index contributed by atoms with van der Waals surface area (Å²) in [5.41, 5.74) is 4.99. The van der Waals surface area contributed by atoms with Crippen LogP contribution in [0.1, 0.15) is 0 Å². The molecule has 0 radical (unpaired) electrons. The number of hydrogen-bond donors (Lipinski definition) is 5. The van der Waals surface area contributed by atoms with Gasteiger partial charge in [-0.25, -0.2) is 0 Å². The molecule has 86 valence electrons. The van der Waals surface area contributed by atoms with Crippen LogP contribution in [-0.2, 0) is 10.4 Å². The van der Waals surface area contributed by atoms with Crippen molar-refractivity contribution in [2.45, 2.75) is 6.10 Å². The molecule has 0 aliphatic heterocycles. The zero-order valence-electron chi connectivity index (χ0n) is 6.92. The fourth-order valence-corrected chi connectivity index (χ4v) is 0.959. The standard InChI is InChI=1S/C4H9ClN2OS.H2O4S/c5-1-3(8)2-9-4(6)7;1-5(2,3)4/h3,8H,1-2H2,(H3,6,7);(H2,1,2,3,4). The second-order valence-corrected chi connectivity index (χ2v) is 4.20. The molecule has 14 heavy (non-hydrogen) atoms. The van der Waals surface area contributed by atoms with Gasteiger partial charge in [-0.1, -0.05) is 11.8 Å². The minimum absolute atomic E-state index is 0.0131. The first-order chi connectivity index (χ1) is 6.16. The lowest BCUT2D eigenvalue weighted by molar-refractivity contribution is 0.224. The molecule has 0 bridgehead atoms. The summed E-state index contributed by atoms with van der Waals surface area (Å²) in [5, 5.41) is 15.6. The second-order valence-electron chi connectivity index (χ2n) is 1.93. The van der Waals surface area contributed by atoms with Gasteiger partial charge in [0.1, 0.15) is 0 Å². The average Bonchev–Trinajstić information content (AvgIpc) is 1.96. The number of aliphatic hydroxyl groups excluding tert-OH is 1. The van der Waals surface area contributed by atoms with E-state index in [9.17, 15) is 0 Å². The van der Waals surface area contributed by atoms with Crippen LogP contribution in [0.25, 0.3) is 0 Å². The van der Waals surface area contributed by atoms with Crippen LogP contribution in [-0.4, -0.2) is 45.5 Å². The number of aliphatic hydroxyl groups is 1. The second kappa shape index (κ2) is 8.26. The Hall–Kier alpha value is -0.0600. The molecule has 0 aliphatic rings. The molecule has 0 rings (SSSR count). The lowest BCUT2D eigenvalue weighted by atomic mass is 10.5. The van der Waals surface area contributed by atoms with Gasteiger partial charge >= 0.3 is 10.4 Å². The molecule has 0 amide bonds. The van der Waals surface area contributed by atoms with E-state index in [4.69, 9.17) is 45.4 Å². The number of rotatable bonds is 3. The lowest BCUT2D eigenvalue weighted by Crippen LogP contribution is -2.15. The van der Waals surface area contributed by atoms with Crippen LogP contribution < -0.4 is 5.73 Å². The van der Waals surface area contributed by atoms with E-state index in [1.54, 1.807) is 0 Å². The molecule has 0 saturated heterocycles. The predicted molar refractivity (Wildman–Crippen MR) is 55.3 cm³/mol. The fourth-order valence-electron chi connectivity index (χ4n) is 0.231. The lowest BCUT2D eigenvalue weighted by Gasteiger charge is -2.02. The monoisotopic (exact) mass is 266 g/mol. The molecule has 7 nitrogen and oxygen atoms in total. The van der Waals surface area contributed by atoms with Gasteiger partial charge in [0.2, 0.25) is 0 Å². The fraction of sp³-hybridized carbons (Fsp3) is 0.750. The Morgan fingerprint density at radius 3 is 2.14 bits per heavy atom. The van der Waals surface area contributed by atoms with Crippen LogP contribution in [0.15, 0.2) is 0 Å². The van der Waals surface area contributed by atoms with Crippen molar-refractivity contribution in [1.82, 2.24) is 0 Å². The summed E-state index contributed by atoms with van der Waals surface area (Å²) in [6.45, 7) is 0. The Morgan fingerprint density at radius 1 is 1.57 bits per heavy atom. The predicted octanol–water partition coefficient (Wildman–Crippen LogP) is -0.440. The molecule has 0 aliphatic carbocycles. The van der Waals surface area contributed by atoms with Crippen molar-refractivity contribution in [3.8, 4) is 0 Å². The maximum atomic E-state index is 8.80. The van der Waals surface area contributed by atoms with Gasteiger partial charge in [0.25, 0.3) is 0 Å². The maximum absolute atomic E-state index is 8.80. The molecule has 10 heteroatoms. The summed E-state index contributed by atoms with van der Waals surface area (Å²) in [5.74, 6) is 0.596. The van der Waals surface area contributed by atoms with Crippen molar-refractivity contribution in [1.29, 1.82) is 5.41 Å². The highest BCUT2D eigenvalue weighted by Gasteiger charge is 2.01. The van der Waals surface area contributed by atoms with E-state index in [0.29, 0.717) is 5.75 Å². The van der Waals surface area contributed by atoms with Gasteiger partial charge < -0.3 is 10.8 Å². The van der Waals surface area contributed by atoms with Crippen LogP contribution in [0.3, 0.4) is 0 Å².